The monoisotopic (exact) mass is 264 g/mol. The number of nitrogens with one attached hydrogen (secondary N) is 2. The molecule has 0 amide bonds. The van der Waals surface area contributed by atoms with E-state index in [9.17, 15) is 0 Å². The van der Waals surface area contributed by atoms with Gasteiger partial charge < -0.3 is 15.1 Å². The number of anilines is 1. The minimum Gasteiger partial charge on any atom is -0.468 e. The molecule has 2 aromatic rings. The third-order valence-corrected chi connectivity index (χ3v) is 3.17. The lowest BCUT2D eigenvalue weighted by Crippen LogP contribution is -2.21. The van der Waals surface area contributed by atoms with E-state index in [0.717, 1.165) is 41.7 Å². The van der Waals surface area contributed by atoms with Crippen LogP contribution in [0.4, 0.5) is 5.69 Å². The van der Waals surface area contributed by atoms with Gasteiger partial charge in [0.25, 0.3) is 0 Å². The Bertz CT molecular complexity index is 483. The zero-order valence-corrected chi connectivity index (χ0v) is 11.1. The van der Waals surface area contributed by atoms with Gasteiger partial charge in [0.15, 0.2) is 0 Å². The highest BCUT2D eigenvalue weighted by Gasteiger charge is 2.00. The molecule has 4 heteroatoms. The summed E-state index contributed by atoms with van der Waals surface area (Å²) >= 11 is 6.05. The molecule has 0 spiro atoms. The maximum Gasteiger partial charge on any atom is 0.117 e. The fourth-order valence-electron chi connectivity index (χ4n) is 1.71. The largest absolute Gasteiger partial charge is 0.468 e. The Labute approximate surface area is 112 Å². The van der Waals surface area contributed by atoms with E-state index in [1.54, 1.807) is 6.26 Å². The number of furan rings is 1. The number of hydrogen-bond acceptors (Lipinski definition) is 3. The van der Waals surface area contributed by atoms with E-state index in [-0.39, 0.29) is 0 Å². The van der Waals surface area contributed by atoms with E-state index in [0.29, 0.717) is 0 Å². The highest BCUT2D eigenvalue weighted by atomic mass is 35.5. The third-order valence-electron chi connectivity index (χ3n) is 2.76. The van der Waals surface area contributed by atoms with Crippen LogP contribution in [-0.4, -0.2) is 13.1 Å². The van der Waals surface area contributed by atoms with Crippen molar-refractivity contribution >= 4 is 17.3 Å². The lowest BCUT2D eigenvalue weighted by atomic mass is 10.2. The van der Waals surface area contributed by atoms with Gasteiger partial charge in [0.05, 0.1) is 12.8 Å². The van der Waals surface area contributed by atoms with E-state index in [4.69, 9.17) is 16.0 Å². The summed E-state index contributed by atoms with van der Waals surface area (Å²) in [7, 11) is 0. The predicted molar refractivity (Wildman–Crippen MR) is 75.1 cm³/mol. The Morgan fingerprint density at radius 1 is 1.17 bits per heavy atom. The Morgan fingerprint density at radius 2 is 2.06 bits per heavy atom. The maximum atomic E-state index is 6.05. The summed E-state index contributed by atoms with van der Waals surface area (Å²) in [5, 5.41) is 7.45. The van der Waals surface area contributed by atoms with Crippen molar-refractivity contribution in [1.82, 2.24) is 5.32 Å². The topological polar surface area (TPSA) is 37.2 Å². The van der Waals surface area contributed by atoms with E-state index >= 15 is 0 Å². The average molecular weight is 265 g/mol. The zero-order chi connectivity index (χ0) is 12.8. The van der Waals surface area contributed by atoms with Crippen LogP contribution >= 0.6 is 11.6 Å². The minimum atomic E-state index is 0.753. The van der Waals surface area contributed by atoms with Crippen LogP contribution in [0.25, 0.3) is 0 Å². The summed E-state index contributed by atoms with van der Waals surface area (Å²) in [5.41, 5.74) is 2.17. The molecule has 1 aromatic heterocycles. The molecule has 2 N–H and O–H groups in total. The van der Waals surface area contributed by atoms with Crippen LogP contribution in [0.3, 0.4) is 0 Å². The molecule has 0 saturated carbocycles. The highest BCUT2D eigenvalue weighted by molar-refractivity contribution is 6.31. The molecule has 1 aromatic carbocycles. The Hall–Kier alpha value is -1.45. The normalized spacial score (nSPS) is 10.6. The lowest BCUT2D eigenvalue weighted by molar-refractivity contribution is 0.486. The first-order chi connectivity index (χ1) is 8.77. The number of hydrogen-bond donors (Lipinski definition) is 2. The van der Waals surface area contributed by atoms with Gasteiger partial charge in [-0.1, -0.05) is 17.7 Å². The molecule has 3 nitrogen and oxygen atoms in total. The van der Waals surface area contributed by atoms with Crippen LogP contribution in [0.15, 0.2) is 41.0 Å². The summed E-state index contributed by atoms with van der Waals surface area (Å²) in [5.74, 6) is 0.953. The van der Waals surface area contributed by atoms with Crippen molar-refractivity contribution in [3.63, 3.8) is 0 Å². The van der Waals surface area contributed by atoms with Crippen LogP contribution in [0.2, 0.25) is 5.02 Å². The molecule has 1 heterocycles. The fraction of sp³-hybridized carbons (Fsp3) is 0.286. The molecule has 0 bridgehead atoms. The van der Waals surface area contributed by atoms with Gasteiger partial charge in [0.1, 0.15) is 5.76 Å². The van der Waals surface area contributed by atoms with Crippen molar-refractivity contribution in [1.29, 1.82) is 0 Å². The number of benzene rings is 1. The molecule has 2 rings (SSSR count). The SMILES string of the molecule is Cc1c(Cl)cccc1NCCNCc1ccco1. The van der Waals surface area contributed by atoms with E-state index in [1.165, 1.54) is 0 Å². The van der Waals surface area contributed by atoms with Crippen LogP contribution in [-0.2, 0) is 6.54 Å². The molecule has 0 aliphatic rings. The molecule has 0 aliphatic carbocycles. The van der Waals surface area contributed by atoms with Crippen molar-refractivity contribution in [3.8, 4) is 0 Å². The maximum absolute atomic E-state index is 6.05. The predicted octanol–water partition coefficient (Wildman–Crippen LogP) is 3.44. The summed E-state index contributed by atoms with van der Waals surface area (Å²) in [6.45, 7) is 4.48. The standard InChI is InChI=1S/C14H17ClN2O/c1-11-13(15)5-2-6-14(11)17-8-7-16-10-12-4-3-9-18-12/h2-6,9,16-17H,7-8,10H2,1H3. The van der Waals surface area contributed by atoms with Crippen LogP contribution in [0.1, 0.15) is 11.3 Å². The lowest BCUT2D eigenvalue weighted by Gasteiger charge is -2.10. The molecule has 0 radical (unpaired) electrons. The molecular formula is C14H17ClN2O. The van der Waals surface area contributed by atoms with Gasteiger partial charge in [-0.05, 0) is 36.8 Å². The summed E-state index contributed by atoms with van der Waals surface area (Å²) in [6, 6.07) is 9.74. The van der Waals surface area contributed by atoms with Crippen molar-refractivity contribution < 1.29 is 4.42 Å². The Kier molecular flexibility index (Phi) is 4.67. The summed E-state index contributed by atoms with van der Waals surface area (Å²) < 4.78 is 5.23. The van der Waals surface area contributed by atoms with Gasteiger partial charge in [-0.2, -0.15) is 0 Å². The minimum absolute atomic E-state index is 0.753. The van der Waals surface area contributed by atoms with Gasteiger partial charge in [-0.3, -0.25) is 0 Å². The number of halogens is 1. The molecule has 0 atom stereocenters. The van der Waals surface area contributed by atoms with Crippen molar-refractivity contribution in [2.45, 2.75) is 13.5 Å². The molecule has 0 aliphatic heterocycles. The smallest absolute Gasteiger partial charge is 0.117 e. The Balaban J connectivity index is 1.70. The third kappa shape index (κ3) is 3.52. The summed E-state index contributed by atoms with van der Waals surface area (Å²) in [4.78, 5) is 0. The van der Waals surface area contributed by atoms with Gasteiger partial charge in [-0.15, -0.1) is 0 Å². The van der Waals surface area contributed by atoms with Crippen LogP contribution in [0, 0.1) is 6.92 Å². The molecule has 96 valence electrons. The van der Waals surface area contributed by atoms with Crippen molar-refractivity contribution in [2.24, 2.45) is 0 Å². The van der Waals surface area contributed by atoms with Crippen molar-refractivity contribution in [2.75, 3.05) is 18.4 Å². The molecule has 0 saturated heterocycles. The number of rotatable bonds is 6. The van der Waals surface area contributed by atoms with Crippen molar-refractivity contribution in [3.05, 3.63) is 52.9 Å². The molecule has 0 unspecified atom stereocenters. The van der Waals surface area contributed by atoms with Gasteiger partial charge in [0.2, 0.25) is 0 Å². The van der Waals surface area contributed by atoms with Crippen LogP contribution < -0.4 is 10.6 Å². The van der Waals surface area contributed by atoms with Gasteiger partial charge in [-0.25, -0.2) is 0 Å². The van der Waals surface area contributed by atoms with Gasteiger partial charge in [0, 0.05) is 23.8 Å². The quantitative estimate of drug-likeness (QED) is 0.785. The first-order valence-electron chi connectivity index (χ1n) is 5.99. The molecule has 18 heavy (non-hydrogen) atoms. The van der Waals surface area contributed by atoms with E-state index in [2.05, 4.69) is 10.6 Å². The second-order valence-electron chi connectivity index (χ2n) is 4.10. The Morgan fingerprint density at radius 3 is 2.83 bits per heavy atom. The zero-order valence-electron chi connectivity index (χ0n) is 10.4. The van der Waals surface area contributed by atoms with Gasteiger partial charge >= 0.3 is 0 Å². The summed E-state index contributed by atoms with van der Waals surface area (Å²) in [6.07, 6.45) is 1.69. The first-order valence-corrected chi connectivity index (χ1v) is 6.37. The fourth-order valence-corrected chi connectivity index (χ4v) is 1.88. The second-order valence-corrected chi connectivity index (χ2v) is 4.50. The highest BCUT2D eigenvalue weighted by Crippen LogP contribution is 2.22. The molecular weight excluding hydrogens is 248 g/mol. The first kappa shape index (κ1) is 13.0. The van der Waals surface area contributed by atoms with E-state index in [1.807, 2.05) is 37.3 Å². The molecule has 0 fully saturated rings. The van der Waals surface area contributed by atoms with Crippen LogP contribution in [0.5, 0.6) is 0 Å². The average Bonchev–Trinajstić information content (AvgIpc) is 2.87. The second kappa shape index (κ2) is 6.47. The van der Waals surface area contributed by atoms with E-state index < -0.39 is 0 Å².